The standard InChI is InChI=1S/C9H6ClNO2S/c1-13-9(12)6-7-5(2-3-14-7)4-11-8(6)10/h2-4H,1H3. The molecule has 0 radical (unpaired) electrons. The Bertz CT molecular complexity index is 495. The van der Waals surface area contributed by atoms with Gasteiger partial charge in [0.05, 0.1) is 11.8 Å². The number of carbonyl (C=O) groups is 1. The topological polar surface area (TPSA) is 39.2 Å². The highest BCUT2D eigenvalue weighted by atomic mass is 35.5. The lowest BCUT2D eigenvalue weighted by Gasteiger charge is -2.01. The van der Waals surface area contributed by atoms with E-state index in [1.807, 2.05) is 11.4 Å². The second kappa shape index (κ2) is 3.55. The van der Waals surface area contributed by atoms with Crippen LogP contribution in [0.4, 0.5) is 0 Å². The first-order valence-corrected chi connectivity index (χ1v) is 5.10. The van der Waals surface area contributed by atoms with E-state index in [4.69, 9.17) is 11.6 Å². The molecule has 0 aliphatic rings. The Morgan fingerprint density at radius 3 is 3.14 bits per heavy atom. The smallest absolute Gasteiger partial charge is 0.342 e. The van der Waals surface area contributed by atoms with Crippen LogP contribution in [0.25, 0.3) is 10.1 Å². The molecule has 2 aromatic rings. The van der Waals surface area contributed by atoms with Crippen LogP contribution < -0.4 is 0 Å². The van der Waals surface area contributed by atoms with Gasteiger partial charge in [-0.1, -0.05) is 11.6 Å². The number of ether oxygens (including phenoxy) is 1. The number of esters is 1. The van der Waals surface area contributed by atoms with Crippen LogP contribution in [-0.4, -0.2) is 18.1 Å². The summed E-state index contributed by atoms with van der Waals surface area (Å²) in [7, 11) is 1.32. The Labute approximate surface area is 89.3 Å². The summed E-state index contributed by atoms with van der Waals surface area (Å²) < 4.78 is 5.45. The lowest BCUT2D eigenvalue weighted by atomic mass is 10.2. The molecule has 0 bridgehead atoms. The molecule has 5 heteroatoms. The molecule has 14 heavy (non-hydrogen) atoms. The third-order valence-corrected chi connectivity index (χ3v) is 3.07. The third-order valence-electron chi connectivity index (χ3n) is 1.84. The molecule has 2 aromatic heterocycles. The molecule has 0 aliphatic carbocycles. The first kappa shape index (κ1) is 9.43. The van der Waals surface area contributed by atoms with Gasteiger partial charge in [0.15, 0.2) is 0 Å². The molecular formula is C9H6ClNO2S. The van der Waals surface area contributed by atoms with Gasteiger partial charge in [-0.05, 0) is 11.4 Å². The van der Waals surface area contributed by atoms with Gasteiger partial charge in [-0.25, -0.2) is 9.78 Å². The van der Waals surface area contributed by atoms with E-state index in [0.29, 0.717) is 5.56 Å². The lowest BCUT2D eigenvalue weighted by molar-refractivity contribution is 0.0603. The van der Waals surface area contributed by atoms with Gasteiger partial charge in [-0.2, -0.15) is 0 Å². The summed E-state index contributed by atoms with van der Waals surface area (Å²) >= 11 is 7.28. The molecule has 2 rings (SSSR count). The van der Waals surface area contributed by atoms with Crippen molar-refractivity contribution in [3.05, 3.63) is 28.4 Å². The van der Waals surface area contributed by atoms with E-state index in [1.165, 1.54) is 18.4 Å². The van der Waals surface area contributed by atoms with Gasteiger partial charge in [0, 0.05) is 11.6 Å². The number of hydrogen-bond donors (Lipinski definition) is 0. The van der Waals surface area contributed by atoms with Crippen LogP contribution in [0.2, 0.25) is 5.15 Å². The number of nitrogens with zero attached hydrogens (tertiary/aromatic N) is 1. The maximum absolute atomic E-state index is 11.4. The van der Waals surface area contributed by atoms with Crippen LogP contribution in [-0.2, 0) is 4.74 Å². The van der Waals surface area contributed by atoms with E-state index in [-0.39, 0.29) is 5.15 Å². The molecule has 0 fully saturated rings. The van der Waals surface area contributed by atoms with E-state index in [2.05, 4.69) is 9.72 Å². The number of halogens is 1. The van der Waals surface area contributed by atoms with E-state index in [9.17, 15) is 4.79 Å². The first-order chi connectivity index (χ1) is 6.74. The van der Waals surface area contributed by atoms with Gasteiger partial charge < -0.3 is 4.74 Å². The normalized spacial score (nSPS) is 10.4. The molecular weight excluding hydrogens is 222 g/mol. The van der Waals surface area contributed by atoms with Crippen molar-refractivity contribution in [2.75, 3.05) is 7.11 Å². The molecule has 2 heterocycles. The zero-order chi connectivity index (χ0) is 10.1. The Kier molecular flexibility index (Phi) is 2.39. The highest BCUT2D eigenvalue weighted by molar-refractivity contribution is 7.17. The lowest BCUT2D eigenvalue weighted by Crippen LogP contribution is -2.03. The Morgan fingerprint density at radius 1 is 1.64 bits per heavy atom. The van der Waals surface area contributed by atoms with Gasteiger partial charge in [0.1, 0.15) is 10.7 Å². The van der Waals surface area contributed by atoms with Crippen molar-refractivity contribution in [2.45, 2.75) is 0 Å². The van der Waals surface area contributed by atoms with Crippen molar-refractivity contribution in [1.82, 2.24) is 4.98 Å². The number of aromatic nitrogens is 1. The van der Waals surface area contributed by atoms with Crippen LogP contribution in [0.3, 0.4) is 0 Å². The molecule has 0 saturated heterocycles. The fourth-order valence-electron chi connectivity index (χ4n) is 1.19. The minimum atomic E-state index is -0.449. The highest BCUT2D eigenvalue weighted by Crippen LogP contribution is 2.28. The molecule has 0 N–H and O–H groups in total. The number of hydrogen-bond acceptors (Lipinski definition) is 4. The Morgan fingerprint density at radius 2 is 2.43 bits per heavy atom. The predicted octanol–water partition coefficient (Wildman–Crippen LogP) is 2.74. The van der Waals surface area contributed by atoms with E-state index < -0.39 is 5.97 Å². The average Bonchev–Trinajstić information content (AvgIpc) is 2.64. The highest BCUT2D eigenvalue weighted by Gasteiger charge is 2.16. The minimum absolute atomic E-state index is 0.187. The molecule has 0 saturated carbocycles. The minimum Gasteiger partial charge on any atom is -0.465 e. The second-order valence-corrected chi connectivity index (χ2v) is 3.89. The van der Waals surface area contributed by atoms with Crippen molar-refractivity contribution in [1.29, 1.82) is 0 Å². The quantitative estimate of drug-likeness (QED) is 0.556. The molecule has 0 atom stereocenters. The summed E-state index contributed by atoms with van der Waals surface area (Å²) in [5, 5.41) is 2.97. The van der Waals surface area contributed by atoms with Crippen LogP contribution in [0.15, 0.2) is 17.6 Å². The fraction of sp³-hybridized carbons (Fsp3) is 0.111. The average molecular weight is 228 g/mol. The zero-order valence-corrected chi connectivity index (χ0v) is 8.85. The van der Waals surface area contributed by atoms with Gasteiger partial charge in [-0.15, -0.1) is 11.3 Å². The summed E-state index contributed by atoms with van der Waals surface area (Å²) in [6.07, 6.45) is 1.64. The van der Waals surface area contributed by atoms with E-state index in [1.54, 1.807) is 6.20 Å². The fourth-order valence-corrected chi connectivity index (χ4v) is 2.37. The Hall–Kier alpha value is -1.13. The van der Waals surface area contributed by atoms with Gasteiger partial charge in [0.2, 0.25) is 0 Å². The summed E-state index contributed by atoms with van der Waals surface area (Å²) in [4.78, 5) is 15.3. The van der Waals surface area contributed by atoms with Crippen molar-refractivity contribution in [3.8, 4) is 0 Å². The maximum atomic E-state index is 11.4. The summed E-state index contributed by atoms with van der Waals surface area (Å²) in [6, 6.07) is 1.88. The van der Waals surface area contributed by atoms with Crippen molar-refractivity contribution in [3.63, 3.8) is 0 Å². The SMILES string of the molecule is COC(=O)c1c(Cl)ncc2ccsc12. The molecule has 0 aliphatic heterocycles. The molecule has 72 valence electrons. The number of thiophene rings is 1. The van der Waals surface area contributed by atoms with Crippen LogP contribution >= 0.6 is 22.9 Å². The molecule has 0 spiro atoms. The van der Waals surface area contributed by atoms with Gasteiger partial charge in [0.25, 0.3) is 0 Å². The first-order valence-electron chi connectivity index (χ1n) is 3.84. The van der Waals surface area contributed by atoms with Crippen LogP contribution in [0.5, 0.6) is 0 Å². The monoisotopic (exact) mass is 227 g/mol. The number of pyridine rings is 1. The molecule has 3 nitrogen and oxygen atoms in total. The van der Waals surface area contributed by atoms with Crippen LogP contribution in [0.1, 0.15) is 10.4 Å². The number of carbonyl (C=O) groups excluding carboxylic acids is 1. The third kappa shape index (κ3) is 1.36. The van der Waals surface area contributed by atoms with Crippen LogP contribution in [0, 0.1) is 0 Å². The number of fused-ring (bicyclic) bond motifs is 1. The molecule has 0 aromatic carbocycles. The number of rotatable bonds is 1. The van der Waals surface area contributed by atoms with Gasteiger partial charge in [-0.3, -0.25) is 0 Å². The number of methoxy groups -OCH3 is 1. The molecule has 0 amide bonds. The van der Waals surface area contributed by atoms with Gasteiger partial charge >= 0.3 is 5.97 Å². The largest absolute Gasteiger partial charge is 0.465 e. The van der Waals surface area contributed by atoms with Crippen molar-refractivity contribution < 1.29 is 9.53 Å². The van der Waals surface area contributed by atoms with Crippen molar-refractivity contribution >= 4 is 39.0 Å². The van der Waals surface area contributed by atoms with E-state index in [0.717, 1.165) is 10.1 Å². The van der Waals surface area contributed by atoms with Crippen molar-refractivity contribution in [2.24, 2.45) is 0 Å². The summed E-state index contributed by atoms with van der Waals surface area (Å²) in [5.41, 5.74) is 0.349. The zero-order valence-electron chi connectivity index (χ0n) is 7.28. The maximum Gasteiger partial charge on any atom is 0.342 e. The molecule has 0 unspecified atom stereocenters. The summed E-state index contributed by atoms with van der Waals surface area (Å²) in [6.45, 7) is 0. The van der Waals surface area contributed by atoms with E-state index >= 15 is 0 Å². The second-order valence-electron chi connectivity index (χ2n) is 2.62. The summed E-state index contributed by atoms with van der Waals surface area (Å²) in [5.74, 6) is -0.449. The predicted molar refractivity (Wildman–Crippen MR) is 56.0 cm³/mol. The Balaban J connectivity index is 2.76.